The molecule has 1 amide bonds. The molecule has 0 aliphatic carbocycles. The minimum atomic E-state index is 0.154. The summed E-state index contributed by atoms with van der Waals surface area (Å²) in [5.74, 6) is 1.26. The predicted octanol–water partition coefficient (Wildman–Crippen LogP) is 2.00. The van der Waals surface area contributed by atoms with Crippen LogP contribution in [-0.4, -0.2) is 23.9 Å². The monoisotopic (exact) mass is 238 g/mol. The highest BCUT2D eigenvalue weighted by molar-refractivity contribution is 5.76. The molecule has 0 spiro atoms. The van der Waals surface area contributed by atoms with Gasteiger partial charge in [-0.15, -0.1) is 0 Å². The van der Waals surface area contributed by atoms with Crippen LogP contribution < -0.4 is 5.73 Å². The van der Waals surface area contributed by atoms with Crippen LogP contribution in [0.15, 0.2) is 22.8 Å². The quantitative estimate of drug-likeness (QED) is 0.790. The van der Waals surface area contributed by atoms with Crippen molar-refractivity contribution in [3.63, 3.8) is 0 Å². The largest absolute Gasteiger partial charge is 0.467 e. The summed E-state index contributed by atoms with van der Waals surface area (Å²) in [6, 6.07) is 3.72. The van der Waals surface area contributed by atoms with Crippen molar-refractivity contribution in [2.45, 2.75) is 33.2 Å². The second-order valence-electron chi connectivity index (χ2n) is 4.20. The number of nitrogens with zero attached hydrogens (tertiary/aromatic N) is 1. The summed E-state index contributed by atoms with van der Waals surface area (Å²) in [6.45, 7) is 5.85. The number of nitrogens with two attached hydrogens (primary N) is 1. The Kier molecular flexibility index (Phi) is 5.77. The molecule has 4 heteroatoms. The average molecular weight is 238 g/mol. The van der Waals surface area contributed by atoms with Crippen LogP contribution in [0.25, 0.3) is 0 Å². The van der Waals surface area contributed by atoms with Gasteiger partial charge in [0.25, 0.3) is 0 Å². The molecule has 0 radical (unpaired) electrons. The van der Waals surface area contributed by atoms with E-state index < -0.39 is 0 Å². The van der Waals surface area contributed by atoms with Crippen LogP contribution in [0.2, 0.25) is 0 Å². The molecular weight excluding hydrogens is 216 g/mol. The zero-order valence-electron chi connectivity index (χ0n) is 10.7. The lowest BCUT2D eigenvalue weighted by Gasteiger charge is -2.22. The van der Waals surface area contributed by atoms with Crippen LogP contribution in [0.1, 0.15) is 32.4 Å². The second-order valence-corrected chi connectivity index (χ2v) is 4.20. The zero-order valence-corrected chi connectivity index (χ0v) is 10.7. The summed E-state index contributed by atoms with van der Waals surface area (Å²) in [5, 5.41) is 0. The van der Waals surface area contributed by atoms with E-state index in [1.807, 2.05) is 19.1 Å². The number of carbonyl (C=O) groups excluding carboxylic acids is 1. The molecule has 0 saturated heterocycles. The van der Waals surface area contributed by atoms with Gasteiger partial charge in [-0.05, 0) is 31.5 Å². The van der Waals surface area contributed by atoms with E-state index in [0.29, 0.717) is 26.1 Å². The molecule has 0 aliphatic rings. The molecule has 1 aromatic heterocycles. The zero-order chi connectivity index (χ0) is 12.7. The van der Waals surface area contributed by atoms with E-state index in [1.165, 1.54) is 0 Å². The Hall–Kier alpha value is -1.29. The minimum absolute atomic E-state index is 0.154. The molecule has 1 rings (SSSR count). The second kappa shape index (κ2) is 7.12. The van der Waals surface area contributed by atoms with Gasteiger partial charge < -0.3 is 15.1 Å². The third-order valence-corrected chi connectivity index (χ3v) is 3.04. The van der Waals surface area contributed by atoms with Gasteiger partial charge in [-0.25, -0.2) is 0 Å². The predicted molar refractivity (Wildman–Crippen MR) is 67.3 cm³/mol. The first-order chi connectivity index (χ1) is 8.21. The lowest BCUT2D eigenvalue weighted by Crippen LogP contribution is -2.32. The van der Waals surface area contributed by atoms with Crippen molar-refractivity contribution >= 4 is 5.91 Å². The van der Waals surface area contributed by atoms with Gasteiger partial charge in [0.1, 0.15) is 5.76 Å². The minimum Gasteiger partial charge on any atom is -0.467 e. The van der Waals surface area contributed by atoms with Crippen LogP contribution >= 0.6 is 0 Å². The van der Waals surface area contributed by atoms with Crippen LogP contribution in [-0.2, 0) is 11.3 Å². The molecule has 0 bridgehead atoms. The molecule has 0 aromatic carbocycles. The summed E-state index contributed by atoms with van der Waals surface area (Å²) < 4.78 is 5.26. The molecule has 2 N–H and O–H groups in total. The van der Waals surface area contributed by atoms with Crippen molar-refractivity contribution in [1.29, 1.82) is 0 Å². The van der Waals surface area contributed by atoms with Gasteiger partial charge in [0.15, 0.2) is 0 Å². The molecule has 0 fully saturated rings. The van der Waals surface area contributed by atoms with E-state index in [9.17, 15) is 4.79 Å². The van der Waals surface area contributed by atoms with Crippen LogP contribution in [0.4, 0.5) is 0 Å². The molecule has 1 heterocycles. The summed E-state index contributed by atoms with van der Waals surface area (Å²) in [6.07, 6.45) is 3.10. The molecule has 96 valence electrons. The number of hydrogen-bond donors (Lipinski definition) is 1. The number of carbonyl (C=O) groups is 1. The van der Waals surface area contributed by atoms with E-state index in [2.05, 4.69) is 6.92 Å². The number of rotatable bonds is 7. The Labute approximate surface area is 103 Å². The maximum absolute atomic E-state index is 12.1. The summed E-state index contributed by atoms with van der Waals surface area (Å²) >= 11 is 0. The van der Waals surface area contributed by atoms with Crippen molar-refractivity contribution in [2.24, 2.45) is 11.7 Å². The van der Waals surface area contributed by atoms with E-state index >= 15 is 0 Å². The van der Waals surface area contributed by atoms with Crippen LogP contribution in [0.5, 0.6) is 0 Å². The topological polar surface area (TPSA) is 59.5 Å². The smallest absolute Gasteiger partial charge is 0.223 e. The number of furan rings is 1. The lowest BCUT2D eigenvalue weighted by molar-refractivity contribution is -0.132. The third-order valence-electron chi connectivity index (χ3n) is 3.04. The normalized spacial score (nSPS) is 12.4. The van der Waals surface area contributed by atoms with Crippen LogP contribution in [0.3, 0.4) is 0 Å². The first-order valence-corrected chi connectivity index (χ1v) is 6.21. The molecule has 17 heavy (non-hydrogen) atoms. The standard InChI is InChI=1S/C13H22N2O2/c1-3-11(9-14)8-13(16)15(4-2)10-12-6-5-7-17-12/h5-7,11H,3-4,8-10,14H2,1-2H3. The summed E-state index contributed by atoms with van der Waals surface area (Å²) in [5.41, 5.74) is 5.62. The Balaban J connectivity index is 2.52. The van der Waals surface area contributed by atoms with Gasteiger partial charge in [-0.3, -0.25) is 4.79 Å². The molecule has 4 nitrogen and oxygen atoms in total. The molecular formula is C13H22N2O2. The van der Waals surface area contributed by atoms with Crippen molar-refractivity contribution in [2.75, 3.05) is 13.1 Å². The van der Waals surface area contributed by atoms with E-state index in [0.717, 1.165) is 12.2 Å². The highest BCUT2D eigenvalue weighted by atomic mass is 16.3. The fourth-order valence-corrected chi connectivity index (χ4v) is 1.74. The van der Waals surface area contributed by atoms with Crippen LogP contribution in [0, 0.1) is 5.92 Å². The highest BCUT2D eigenvalue weighted by Gasteiger charge is 2.17. The SMILES string of the molecule is CCC(CN)CC(=O)N(CC)Cc1ccco1. The van der Waals surface area contributed by atoms with Gasteiger partial charge >= 0.3 is 0 Å². The average Bonchev–Trinajstić information content (AvgIpc) is 2.85. The van der Waals surface area contributed by atoms with Crippen molar-refractivity contribution < 1.29 is 9.21 Å². The molecule has 0 saturated carbocycles. The Bertz CT molecular complexity index is 318. The highest BCUT2D eigenvalue weighted by Crippen LogP contribution is 2.12. The lowest BCUT2D eigenvalue weighted by atomic mass is 10.0. The Morgan fingerprint density at radius 2 is 2.29 bits per heavy atom. The Morgan fingerprint density at radius 1 is 1.53 bits per heavy atom. The van der Waals surface area contributed by atoms with E-state index in [-0.39, 0.29) is 11.8 Å². The third kappa shape index (κ3) is 4.23. The molecule has 1 atom stereocenters. The van der Waals surface area contributed by atoms with Crippen molar-refractivity contribution in [3.05, 3.63) is 24.2 Å². The Morgan fingerprint density at radius 3 is 2.76 bits per heavy atom. The fraction of sp³-hybridized carbons (Fsp3) is 0.615. The number of hydrogen-bond acceptors (Lipinski definition) is 3. The van der Waals surface area contributed by atoms with Gasteiger partial charge in [-0.2, -0.15) is 0 Å². The maximum Gasteiger partial charge on any atom is 0.223 e. The first kappa shape index (κ1) is 13.8. The molecule has 1 unspecified atom stereocenters. The van der Waals surface area contributed by atoms with Crippen molar-refractivity contribution in [3.8, 4) is 0 Å². The maximum atomic E-state index is 12.1. The van der Waals surface area contributed by atoms with E-state index in [4.69, 9.17) is 10.2 Å². The summed E-state index contributed by atoms with van der Waals surface area (Å²) in [7, 11) is 0. The molecule has 1 aromatic rings. The fourth-order valence-electron chi connectivity index (χ4n) is 1.74. The van der Waals surface area contributed by atoms with Gasteiger partial charge in [0.05, 0.1) is 12.8 Å². The molecule has 0 aliphatic heterocycles. The van der Waals surface area contributed by atoms with Gasteiger partial charge in [0, 0.05) is 13.0 Å². The van der Waals surface area contributed by atoms with Gasteiger partial charge in [-0.1, -0.05) is 13.3 Å². The first-order valence-electron chi connectivity index (χ1n) is 6.21. The van der Waals surface area contributed by atoms with Crippen molar-refractivity contribution in [1.82, 2.24) is 4.90 Å². The van der Waals surface area contributed by atoms with Gasteiger partial charge in [0.2, 0.25) is 5.91 Å². The van der Waals surface area contributed by atoms with E-state index in [1.54, 1.807) is 11.2 Å². The number of amides is 1. The summed E-state index contributed by atoms with van der Waals surface area (Å²) in [4.78, 5) is 13.9.